The summed E-state index contributed by atoms with van der Waals surface area (Å²) in [4.78, 5) is 5.63. The Kier molecular flexibility index (Phi) is 4.42. The van der Waals surface area contributed by atoms with Crippen molar-refractivity contribution in [3.8, 4) is 0 Å². The molecule has 16 heavy (non-hydrogen) atoms. The summed E-state index contributed by atoms with van der Waals surface area (Å²) < 4.78 is 0. The Labute approximate surface area is 103 Å². The summed E-state index contributed by atoms with van der Waals surface area (Å²) in [5.74, 6) is 0.958. The predicted molar refractivity (Wildman–Crippen MR) is 72.0 cm³/mol. The van der Waals surface area contributed by atoms with Crippen LogP contribution in [0.5, 0.6) is 0 Å². The van der Waals surface area contributed by atoms with E-state index in [1.54, 1.807) is 0 Å². The number of piperidine rings is 1. The Bertz CT molecular complexity index is 316. The van der Waals surface area contributed by atoms with Crippen molar-refractivity contribution in [3.05, 3.63) is 21.9 Å². The number of nitrogens with zero attached hydrogens (tertiary/aromatic N) is 1. The monoisotopic (exact) mass is 237 g/mol. The third-order valence-electron chi connectivity index (χ3n) is 3.48. The summed E-state index contributed by atoms with van der Waals surface area (Å²) in [6.07, 6.45) is 5.61. The van der Waals surface area contributed by atoms with E-state index in [1.807, 2.05) is 11.3 Å². The topological polar surface area (TPSA) is 3.24 Å². The Morgan fingerprint density at radius 2 is 2.31 bits per heavy atom. The van der Waals surface area contributed by atoms with E-state index in [9.17, 15) is 0 Å². The molecule has 0 saturated carbocycles. The van der Waals surface area contributed by atoms with Gasteiger partial charge in [0.15, 0.2) is 0 Å². The van der Waals surface area contributed by atoms with Crippen molar-refractivity contribution in [2.45, 2.75) is 46.1 Å². The Hall–Kier alpha value is -0.340. The number of rotatable bonds is 4. The minimum Gasteiger partial charge on any atom is -0.298 e. The van der Waals surface area contributed by atoms with E-state index in [4.69, 9.17) is 0 Å². The lowest BCUT2D eigenvalue weighted by Crippen LogP contribution is -2.34. The number of hydrogen-bond acceptors (Lipinski definition) is 2. The average Bonchev–Trinajstić information content (AvgIpc) is 2.65. The predicted octanol–water partition coefficient (Wildman–Crippen LogP) is 4.07. The smallest absolute Gasteiger partial charge is 0.0328 e. The van der Waals surface area contributed by atoms with Gasteiger partial charge >= 0.3 is 0 Å². The molecule has 1 aromatic heterocycles. The molecule has 0 bridgehead atoms. The van der Waals surface area contributed by atoms with Gasteiger partial charge in [-0.1, -0.05) is 13.3 Å². The molecule has 0 spiro atoms. The number of aryl methyl sites for hydroxylation is 1. The molecule has 1 aliphatic heterocycles. The van der Waals surface area contributed by atoms with Crippen LogP contribution in [-0.4, -0.2) is 18.0 Å². The van der Waals surface area contributed by atoms with Crippen molar-refractivity contribution in [2.75, 3.05) is 13.1 Å². The van der Waals surface area contributed by atoms with Crippen LogP contribution in [0.1, 0.15) is 42.4 Å². The highest BCUT2D eigenvalue weighted by molar-refractivity contribution is 7.11. The molecule has 0 N–H and O–H groups in total. The van der Waals surface area contributed by atoms with Gasteiger partial charge in [0.1, 0.15) is 0 Å². The molecule has 1 aliphatic rings. The third kappa shape index (κ3) is 3.33. The first-order chi connectivity index (χ1) is 7.78. The average molecular weight is 237 g/mol. The zero-order valence-electron chi connectivity index (χ0n) is 10.5. The van der Waals surface area contributed by atoms with E-state index < -0.39 is 0 Å². The van der Waals surface area contributed by atoms with Crippen molar-refractivity contribution in [2.24, 2.45) is 5.92 Å². The fourth-order valence-corrected chi connectivity index (χ4v) is 3.66. The largest absolute Gasteiger partial charge is 0.298 e. The first-order valence-corrected chi connectivity index (χ1v) is 7.37. The van der Waals surface area contributed by atoms with Crippen LogP contribution in [0.25, 0.3) is 0 Å². The Balaban J connectivity index is 1.85. The molecule has 0 aliphatic carbocycles. The van der Waals surface area contributed by atoms with Gasteiger partial charge in [0.05, 0.1) is 0 Å². The highest BCUT2D eigenvalue weighted by Gasteiger charge is 2.19. The van der Waals surface area contributed by atoms with Crippen molar-refractivity contribution in [1.29, 1.82) is 0 Å². The Morgan fingerprint density at radius 3 is 3.00 bits per heavy atom. The van der Waals surface area contributed by atoms with Gasteiger partial charge in [0.2, 0.25) is 0 Å². The number of hydrogen-bond donors (Lipinski definition) is 0. The summed E-state index contributed by atoms with van der Waals surface area (Å²) in [6, 6.07) is 4.54. The molecule has 2 heteroatoms. The summed E-state index contributed by atoms with van der Waals surface area (Å²) in [7, 11) is 0. The fourth-order valence-electron chi connectivity index (χ4n) is 2.73. The molecular formula is C14H23NS. The van der Waals surface area contributed by atoms with Gasteiger partial charge in [-0.2, -0.15) is 0 Å². The van der Waals surface area contributed by atoms with E-state index in [0.29, 0.717) is 0 Å². The van der Waals surface area contributed by atoms with Crippen LogP contribution in [0.2, 0.25) is 0 Å². The van der Waals surface area contributed by atoms with Gasteiger partial charge < -0.3 is 0 Å². The molecular weight excluding hydrogens is 214 g/mol. The second-order valence-corrected chi connectivity index (χ2v) is 6.42. The molecule has 2 rings (SSSR count). The standard InChI is InChI=1S/C14H23NS/c1-3-5-13-6-4-9-15(10-13)11-14-8-7-12(2)16-14/h7-8,13H,3-6,9-11H2,1-2H3. The summed E-state index contributed by atoms with van der Waals surface area (Å²) in [5, 5.41) is 0. The summed E-state index contributed by atoms with van der Waals surface area (Å²) in [6.45, 7) is 8.31. The lowest BCUT2D eigenvalue weighted by atomic mass is 9.94. The summed E-state index contributed by atoms with van der Waals surface area (Å²) in [5.41, 5.74) is 0. The highest BCUT2D eigenvalue weighted by Crippen LogP contribution is 2.24. The fraction of sp³-hybridized carbons (Fsp3) is 0.714. The molecule has 1 saturated heterocycles. The molecule has 1 unspecified atom stereocenters. The van der Waals surface area contributed by atoms with Gasteiger partial charge in [-0.25, -0.2) is 0 Å². The van der Waals surface area contributed by atoms with Gasteiger partial charge in [0.25, 0.3) is 0 Å². The molecule has 2 heterocycles. The van der Waals surface area contributed by atoms with Gasteiger partial charge in [-0.3, -0.25) is 4.90 Å². The lowest BCUT2D eigenvalue weighted by molar-refractivity contribution is 0.162. The second kappa shape index (κ2) is 5.83. The number of thiophene rings is 1. The van der Waals surface area contributed by atoms with Crippen LogP contribution < -0.4 is 0 Å². The summed E-state index contributed by atoms with van der Waals surface area (Å²) >= 11 is 1.95. The van der Waals surface area contributed by atoms with Crippen LogP contribution >= 0.6 is 11.3 Å². The highest BCUT2D eigenvalue weighted by atomic mass is 32.1. The third-order valence-corrected chi connectivity index (χ3v) is 4.46. The zero-order valence-corrected chi connectivity index (χ0v) is 11.4. The van der Waals surface area contributed by atoms with E-state index in [0.717, 1.165) is 5.92 Å². The Morgan fingerprint density at radius 1 is 1.44 bits per heavy atom. The zero-order chi connectivity index (χ0) is 11.4. The first-order valence-electron chi connectivity index (χ1n) is 6.55. The van der Waals surface area contributed by atoms with E-state index in [2.05, 4.69) is 30.9 Å². The van der Waals surface area contributed by atoms with Gasteiger partial charge in [-0.05, 0) is 50.8 Å². The molecule has 1 aromatic rings. The van der Waals surface area contributed by atoms with Crippen molar-refractivity contribution >= 4 is 11.3 Å². The SMILES string of the molecule is CCCC1CCCN(Cc2ccc(C)s2)C1. The van der Waals surface area contributed by atoms with Gasteiger partial charge in [0, 0.05) is 22.8 Å². The van der Waals surface area contributed by atoms with Crippen molar-refractivity contribution < 1.29 is 0 Å². The van der Waals surface area contributed by atoms with Crippen LogP contribution in [0.3, 0.4) is 0 Å². The van der Waals surface area contributed by atoms with E-state index in [1.165, 1.54) is 55.1 Å². The van der Waals surface area contributed by atoms with Gasteiger partial charge in [-0.15, -0.1) is 11.3 Å². The quantitative estimate of drug-likeness (QED) is 0.763. The van der Waals surface area contributed by atoms with Crippen molar-refractivity contribution in [3.63, 3.8) is 0 Å². The molecule has 0 amide bonds. The molecule has 0 aromatic carbocycles. The molecule has 1 nitrogen and oxygen atoms in total. The minimum atomic E-state index is 0.958. The van der Waals surface area contributed by atoms with Crippen molar-refractivity contribution in [1.82, 2.24) is 4.90 Å². The maximum Gasteiger partial charge on any atom is 0.0328 e. The molecule has 1 fully saturated rings. The van der Waals surface area contributed by atoms with E-state index >= 15 is 0 Å². The van der Waals surface area contributed by atoms with Crippen LogP contribution in [0.4, 0.5) is 0 Å². The van der Waals surface area contributed by atoms with Crippen LogP contribution in [0, 0.1) is 12.8 Å². The maximum atomic E-state index is 2.65. The normalized spacial score (nSPS) is 22.5. The van der Waals surface area contributed by atoms with Crippen LogP contribution in [-0.2, 0) is 6.54 Å². The van der Waals surface area contributed by atoms with Crippen LogP contribution in [0.15, 0.2) is 12.1 Å². The maximum absolute atomic E-state index is 2.65. The number of likely N-dealkylation sites (tertiary alicyclic amines) is 1. The molecule has 90 valence electrons. The lowest BCUT2D eigenvalue weighted by Gasteiger charge is -2.32. The molecule has 0 radical (unpaired) electrons. The second-order valence-electron chi connectivity index (χ2n) is 5.04. The van der Waals surface area contributed by atoms with E-state index in [-0.39, 0.29) is 0 Å². The minimum absolute atomic E-state index is 0.958. The first kappa shape index (κ1) is 12.1. The molecule has 1 atom stereocenters.